The smallest absolute Gasteiger partial charge is 0.233 e. The molecule has 182 valence electrons. The van der Waals surface area contributed by atoms with Crippen LogP contribution < -0.4 is 20.1 Å². The summed E-state index contributed by atoms with van der Waals surface area (Å²) in [5.74, 6) is 2.46. The van der Waals surface area contributed by atoms with E-state index in [1.807, 2.05) is 80.6 Å². The third-order valence-electron chi connectivity index (χ3n) is 4.91. The maximum Gasteiger partial charge on any atom is 0.233 e. The second-order valence-electron chi connectivity index (χ2n) is 7.48. The maximum atomic E-state index is 5.53. The number of hydrogen-bond acceptors (Lipinski definition) is 10. The molecule has 2 N–H and O–H groups in total. The van der Waals surface area contributed by atoms with E-state index in [0.29, 0.717) is 30.3 Å². The number of nitrogens with zero attached hydrogens (tertiary/aromatic N) is 4. The largest absolute Gasteiger partial charge is 0.494 e. The van der Waals surface area contributed by atoms with Gasteiger partial charge in [0, 0.05) is 11.4 Å². The molecule has 0 saturated carbocycles. The second-order valence-corrected chi connectivity index (χ2v) is 9.72. The summed E-state index contributed by atoms with van der Waals surface area (Å²) in [6.45, 7) is 5.15. The molecule has 0 aliphatic carbocycles. The lowest BCUT2D eigenvalue weighted by molar-refractivity contribution is 0.340. The molecule has 0 aliphatic rings. The van der Waals surface area contributed by atoms with Gasteiger partial charge in [0.2, 0.25) is 17.1 Å². The zero-order valence-electron chi connectivity index (χ0n) is 19.8. The van der Waals surface area contributed by atoms with Crippen molar-refractivity contribution < 1.29 is 9.47 Å². The molecule has 0 fully saturated rings. The standard InChI is InChI=1S/C26H24N6O2S2/c1-3-33-19-13-9-17(10-14-19)27-23-30-24(28-18-11-15-20(16-12-18)34-4-2)32-25(31-23)36-26-29-21-7-5-6-8-22(21)35-26/h5-16H,3-4H2,1-2H3,(H2,27,28,30,31,32). The molecule has 0 aliphatic heterocycles. The van der Waals surface area contributed by atoms with Crippen LogP contribution in [-0.4, -0.2) is 33.1 Å². The molecule has 0 atom stereocenters. The van der Waals surface area contributed by atoms with Crippen LogP contribution in [0.25, 0.3) is 10.2 Å². The van der Waals surface area contributed by atoms with Gasteiger partial charge >= 0.3 is 0 Å². The van der Waals surface area contributed by atoms with E-state index in [9.17, 15) is 0 Å². The number of para-hydroxylation sites is 1. The van der Waals surface area contributed by atoms with Crippen molar-refractivity contribution in [3.05, 3.63) is 72.8 Å². The van der Waals surface area contributed by atoms with Crippen molar-refractivity contribution in [2.45, 2.75) is 23.3 Å². The Morgan fingerprint density at radius 3 is 1.78 bits per heavy atom. The molecule has 0 unspecified atom stereocenters. The van der Waals surface area contributed by atoms with Crippen LogP contribution in [0.4, 0.5) is 23.3 Å². The molecule has 2 aromatic heterocycles. The molecule has 5 aromatic rings. The van der Waals surface area contributed by atoms with Gasteiger partial charge in [-0.3, -0.25) is 0 Å². The lowest BCUT2D eigenvalue weighted by atomic mass is 10.3. The number of aromatic nitrogens is 4. The minimum atomic E-state index is 0.422. The second kappa shape index (κ2) is 11.2. The van der Waals surface area contributed by atoms with Crippen molar-refractivity contribution in [1.82, 2.24) is 19.9 Å². The first-order valence-electron chi connectivity index (χ1n) is 11.5. The minimum Gasteiger partial charge on any atom is -0.494 e. The third kappa shape index (κ3) is 6.02. The number of ether oxygens (including phenoxy) is 2. The van der Waals surface area contributed by atoms with Gasteiger partial charge in [0.25, 0.3) is 0 Å². The molecule has 0 saturated heterocycles. The van der Waals surface area contributed by atoms with Gasteiger partial charge in [0.1, 0.15) is 11.5 Å². The van der Waals surface area contributed by atoms with Crippen molar-refractivity contribution in [1.29, 1.82) is 0 Å². The van der Waals surface area contributed by atoms with Gasteiger partial charge in [-0.15, -0.1) is 11.3 Å². The molecule has 10 heteroatoms. The van der Waals surface area contributed by atoms with Crippen LogP contribution in [0.15, 0.2) is 82.3 Å². The summed E-state index contributed by atoms with van der Waals surface area (Å²) in [4.78, 5) is 18.6. The van der Waals surface area contributed by atoms with E-state index in [1.54, 1.807) is 11.3 Å². The summed E-state index contributed by atoms with van der Waals surface area (Å²) in [6, 6.07) is 23.4. The van der Waals surface area contributed by atoms with E-state index in [2.05, 4.69) is 31.7 Å². The lowest BCUT2D eigenvalue weighted by Gasteiger charge is -2.11. The fourth-order valence-corrected chi connectivity index (χ4v) is 5.27. The number of nitrogens with one attached hydrogen (secondary N) is 2. The molecule has 0 spiro atoms. The first-order valence-corrected chi connectivity index (χ1v) is 13.1. The van der Waals surface area contributed by atoms with E-state index in [0.717, 1.165) is 37.4 Å². The Bertz CT molecular complexity index is 1340. The molecule has 36 heavy (non-hydrogen) atoms. The van der Waals surface area contributed by atoms with E-state index in [-0.39, 0.29) is 0 Å². The Balaban J connectivity index is 1.42. The van der Waals surface area contributed by atoms with Crippen molar-refractivity contribution in [3.8, 4) is 11.5 Å². The van der Waals surface area contributed by atoms with Crippen LogP contribution in [-0.2, 0) is 0 Å². The fraction of sp³-hybridized carbons (Fsp3) is 0.154. The Morgan fingerprint density at radius 1 is 0.694 bits per heavy atom. The first-order chi connectivity index (χ1) is 17.7. The topological polar surface area (TPSA) is 94.1 Å². The summed E-state index contributed by atoms with van der Waals surface area (Å²) < 4.78 is 13.0. The molecule has 0 bridgehead atoms. The van der Waals surface area contributed by atoms with Gasteiger partial charge in [-0.05, 0) is 86.3 Å². The highest BCUT2D eigenvalue weighted by atomic mass is 32.2. The molecule has 8 nitrogen and oxygen atoms in total. The Morgan fingerprint density at radius 2 is 1.25 bits per heavy atom. The zero-order chi connectivity index (χ0) is 24.7. The maximum absolute atomic E-state index is 5.53. The summed E-state index contributed by atoms with van der Waals surface area (Å²) in [5.41, 5.74) is 2.64. The van der Waals surface area contributed by atoms with Crippen molar-refractivity contribution in [2.75, 3.05) is 23.8 Å². The lowest BCUT2D eigenvalue weighted by Crippen LogP contribution is -2.05. The summed E-state index contributed by atoms with van der Waals surface area (Å²) >= 11 is 3.01. The number of thiazole rings is 1. The van der Waals surface area contributed by atoms with Crippen LogP contribution in [0.1, 0.15) is 13.8 Å². The number of fused-ring (bicyclic) bond motifs is 1. The average Bonchev–Trinajstić information content (AvgIpc) is 3.29. The fourth-order valence-electron chi connectivity index (χ4n) is 3.35. The molecular weight excluding hydrogens is 492 g/mol. The predicted molar refractivity (Wildman–Crippen MR) is 145 cm³/mol. The van der Waals surface area contributed by atoms with E-state index < -0.39 is 0 Å². The number of anilines is 4. The van der Waals surface area contributed by atoms with Gasteiger partial charge in [-0.25, -0.2) is 4.98 Å². The monoisotopic (exact) mass is 516 g/mol. The van der Waals surface area contributed by atoms with Crippen LogP contribution >= 0.6 is 23.1 Å². The molecule has 2 heterocycles. The molecule has 5 rings (SSSR count). The third-order valence-corrected chi connectivity index (χ3v) is 6.87. The Kier molecular flexibility index (Phi) is 7.44. The van der Waals surface area contributed by atoms with Gasteiger partial charge in [-0.1, -0.05) is 12.1 Å². The van der Waals surface area contributed by atoms with Crippen LogP contribution in [0, 0.1) is 0 Å². The summed E-state index contributed by atoms with van der Waals surface area (Å²) in [6.07, 6.45) is 0. The van der Waals surface area contributed by atoms with Crippen molar-refractivity contribution in [2.24, 2.45) is 0 Å². The van der Waals surface area contributed by atoms with Crippen LogP contribution in [0.3, 0.4) is 0 Å². The quantitative estimate of drug-likeness (QED) is 0.205. The van der Waals surface area contributed by atoms with Crippen LogP contribution in [0.2, 0.25) is 0 Å². The Hall–Kier alpha value is -3.89. The highest BCUT2D eigenvalue weighted by Crippen LogP contribution is 2.34. The average molecular weight is 517 g/mol. The highest BCUT2D eigenvalue weighted by molar-refractivity contribution is 8.01. The van der Waals surface area contributed by atoms with Gasteiger partial charge in [-0.2, -0.15) is 15.0 Å². The highest BCUT2D eigenvalue weighted by Gasteiger charge is 2.12. The summed E-state index contributed by atoms with van der Waals surface area (Å²) in [5, 5.41) is 7.07. The van der Waals surface area contributed by atoms with Crippen molar-refractivity contribution >= 4 is 56.6 Å². The molecular formula is C26H24N6O2S2. The van der Waals surface area contributed by atoms with E-state index in [4.69, 9.17) is 14.5 Å². The van der Waals surface area contributed by atoms with Gasteiger partial charge in [0.15, 0.2) is 4.34 Å². The predicted octanol–water partition coefficient (Wildman–Crippen LogP) is 6.92. The first kappa shape index (κ1) is 23.8. The Labute approximate surface area is 217 Å². The van der Waals surface area contributed by atoms with Gasteiger partial charge < -0.3 is 20.1 Å². The normalized spacial score (nSPS) is 10.8. The number of benzene rings is 3. The van der Waals surface area contributed by atoms with E-state index >= 15 is 0 Å². The van der Waals surface area contributed by atoms with Gasteiger partial charge in [0.05, 0.1) is 23.4 Å². The zero-order valence-corrected chi connectivity index (χ0v) is 21.4. The number of hydrogen-bond donors (Lipinski definition) is 2. The van der Waals surface area contributed by atoms with Crippen molar-refractivity contribution in [3.63, 3.8) is 0 Å². The molecule has 0 radical (unpaired) electrons. The SMILES string of the molecule is CCOc1ccc(Nc2nc(Nc3ccc(OCC)cc3)nc(Sc3nc4ccccc4s3)n2)cc1. The minimum absolute atomic E-state index is 0.422. The van der Waals surface area contributed by atoms with Crippen LogP contribution in [0.5, 0.6) is 11.5 Å². The summed E-state index contributed by atoms with van der Waals surface area (Å²) in [7, 11) is 0. The number of rotatable bonds is 10. The van der Waals surface area contributed by atoms with E-state index in [1.165, 1.54) is 11.8 Å². The molecule has 0 amide bonds. The molecule has 3 aromatic carbocycles.